The highest BCUT2D eigenvalue weighted by Gasteiger charge is 2.11. The number of nitrogens with zero attached hydrogens (tertiary/aromatic N) is 2. The van der Waals surface area contributed by atoms with Crippen LogP contribution in [0, 0.1) is 10.1 Å². The van der Waals surface area contributed by atoms with E-state index in [1.165, 1.54) is 18.3 Å². The third-order valence-electron chi connectivity index (χ3n) is 4.36. The molecule has 0 N–H and O–H groups in total. The number of nitro benzene ring substituents is 1. The molecule has 0 spiro atoms. The minimum Gasteiger partial charge on any atom is -0.490 e. The Kier molecular flexibility index (Phi) is 8.94. The van der Waals surface area contributed by atoms with Crippen molar-refractivity contribution in [3.05, 3.63) is 95.9 Å². The minimum absolute atomic E-state index is 0.000593. The van der Waals surface area contributed by atoms with Crippen LogP contribution in [0.3, 0.4) is 0 Å². The van der Waals surface area contributed by atoms with Gasteiger partial charge in [0.2, 0.25) is 0 Å². The van der Waals surface area contributed by atoms with Gasteiger partial charge < -0.3 is 14.3 Å². The fourth-order valence-corrected chi connectivity index (χ4v) is 3.53. The van der Waals surface area contributed by atoms with E-state index >= 15 is 0 Å². The maximum atomic E-state index is 10.9. The molecule has 0 bridgehead atoms. The summed E-state index contributed by atoms with van der Waals surface area (Å²) in [4.78, 5) is 15.7. The van der Waals surface area contributed by atoms with Crippen LogP contribution in [0.4, 0.5) is 5.69 Å². The van der Waals surface area contributed by atoms with Crippen molar-refractivity contribution < 1.29 is 19.2 Å². The van der Waals surface area contributed by atoms with Crippen LogP contribution in [0.25, 0.3) is 0 Å². The summed E-state index contributed by atoms with van der Waals surface area (Å²) < 4.78 is 12.4. The fraction of sp³-hybridized carbons (Fsp3) is 0.174. The van der Waals surface area contributed by atoms with Gasteiger partial charge >= 0.3 is 0 Å². The van der Waals surface area contributed by atoms with E-state index in [-0.39, 0.29) is 18.9 Å². The summed E-state index contributed by atoms with van der Waals surface area (Å²) in [7, 11) is 0. The van der Waals surface area contributed by atoms with E-state index < -0.39 is 4.92 Å². The van der Waals surface area contributed by atoms with Crippen LogP contribution in [-0.2, 0) is 18.1 Å². The van der Waals surface area contributed by atoms with Gasteiger partial charge in [-0.05, 0) is 58.2 Å². The minimum atomic E-state index is -0.454. The largest absolute Gasteiger partial charge is 0.490 e. The summed E-state index contributed by atoms with van der Waals surface area (Å²) >= 11 is 15.5. The van der Waals surface area contributed by atoms with Gasteiger partial charge in [-0.3, -0.25) is 10.1 Å². The van der Waals surface area contributed by atoms with Crippen molar-refractivity contribution in [1.82, 2.24) is 0 Å². The molecule has 0 radical (unpaired) electrons. The Balaban J connectivity index is 1.68. The van der Waals surface area contributed by atoms with Gasteiger partial charge in [-0.1, -0.05) is 46.6 Å². The average molecular weight is 554 g/mol. The molecule has 0 amide bonds. The molecule has 0 aliphatic carbocycles. The molecule has 3 aromatic carbocycles. The first-order chi connectivity index (χ1) is 15.9. The summed E-state index contributed by atoms with van der Waals surface area (Å²) in [6, 6.07) is 15.1. The normalized spacial score (nSPS) is 10.9. The number of nitro groups is 1. The molecular formula is C23H19BrCl2N2O5. The summed E-state index contributed by atoms with van der Waals surface area (Å²) in [5.41, 5.74) is 2.21. The topological polar surface area (TPSA) is 83.2 Å². The number of hydrogen-bond donors (Lipinski definition) is 0. The molecule has 0 saturated carbocycles. The zero-order valence-corrected chi connectivity index (χ0v) is 20.6. The maximum Gasteiger partial charge on any atom is 0.269 e. The molecule has 0 heterocycles. The van der Waals surface area contributed by atoms with E-state index in [0.717, 1.165) is 10.0 Å². The second-order valence-corrected chi connectivity index (χ2v) is 8.39. The van der Waals surface area contributed by atoms with E-state index in [0.29, 0.717) is 39.3 Å². The lowest BCUT2D eigenvalue weighted by Gasteiger charge is -2.14. The first-order valence-corrected chi connectivity index (χ1v) is 11.3. The van der Waals surface area contributed by atoms with Crippen LogP contribution in [0.2, 0.25) is 10.0 Å². The highest BCUT2D eigenvalue weighted by molar-refractivity contribution is 9.10. The van der Waals surface area contributed by atoms with Crippen molar-refractivity contribution in [2.45, 2.75) is 20.1 Å². The van der Waals surface area contributed by atoms with Gasteiger partial charge in [-0.15, -0.1) is 0 Å². The molecule has 33 heavy (non-hydrogen) atoms. The summed E-state index contributed by atoms with van der Waals surface area (Å²) in [6.45, 7) is 2.70. The molecule has 3 rings (SSSR count). The molecule has 0 aliphatic rings. The van der Waals surface area contributed by atoms with Gasteiger partial charge in [0, 0.05) is 22.2 Å². The average Bonchev–Trinajstić information content (AvgIpc) is 2.80. The highest BCUT2D eigenvalue weighted by atomic mass is 79.9. The number of benzene rings is 3. The van der Waals surface area contributed by atoms with E-state index in [1.807, 2.05) is 13.0 Å². The fourth-order valence-electron chi connectivity index (χ4n) is 2.79. The van der Waals surface area contributed by atoms with Crippen molar-refractivity contribution in [2.24, 2.45) is 5.16 Å². The molecule has 172 valence electrons. The Morgan fingerprint density at radius 1 is 1.00 bits per heavy atom. The molecule has 0 aromatic heterocycles. The Hall–Kier alpha value is -2.81. The van der Waals surface area contributed by atoms with E-state index in [1.54, 1.807) is 36.4 Å². The number of oxime groups is 1. The standard InChI is InChI=1S/C23H19BrCl2N2O5/c1-2-31-22-10-17(12-27-33-14-15-4-3-5-18(8-15)28(29)30)19(24)11-23(22)32-13-16-6-7-20(25)21(26)9-16/h3-12H,2,13-14H2,1H3/b27-12-. The first-order valence-electron chi connectivity index (χ1n) is 9.79. The molecule has 3 aromatic rings. The third kappa shape index (κ3) is 7.08. The van der Waals surface area contributed by atoms with E-state index in [9.17, 15) is 10.1 Å². The van der Waals surface area contributed by atoms with Gasteiger partial charge in [0.15, 0.2) is 11.5 Å². The van der Waals surface area contributed by atoms with E-state index in [4.69, 9.17) is 37.5 Å². The van der Waals surface area contributed by atoms with Crippen LogP contribution in [0.1, 0.15) is 23.6 Å². The second-order valence-electron chi connectivity index (χ2n) is 6.73. The lowest BCUT2D eigenvalue weighted by atomic mass is 10.2. The lowest BCUT2D eigenvalue weighted by molar-refractivity contribution is -0.384. The van der Waals surface area contributed by atoms with Crippen LogP contribution in [0.15, 0.2) is 64.2 Å². The smallest absolute Gasteiger partial charge is 0.269 e. The molecule has 10 heteroatoms. The van der Waals surface area contributed by atoms with Gasteiger partial charge in [0.05, 0.1) is 27.8 Å². The van der Waals surface area contributed by atoms with Crippen molar-refractivity contribution >= 4 is 51.0 Å². The van der Waals surface area contributed by atoms with Gasteiger partial charge in [0.1, 0.15) is 13.2 Å². The molecule has 0 unspecified atom stereocenters. The molecule has 0 fully saturated rings. The number of hydrogen-bond acceptors (Lipinski definition) is 6. The Bertz CT molecular complexity index is 1170. The Morgan fingerprint density at radius 2 is 1.76 bits per heavy atom. The molecule has 0 atom stereocenters. The predicted octanol–water partition coefficient (Wildman–Crippen LogP) is 7.19. The molecule has 7 nitrogen and oxygen atoms in total. The van der Waals surface area contributed by atoms with Crippen molar-refractivity contribution in [3.8, 4) is 11.5 Å². The zero-order valence-electron chi connectivity index (χ0n) is 17.5. The van der Waals surface area contributed by atoms with Gasteiger partial charge in [-0.2, -0.15) is 0 Å². The van der Waals surface area contributed by atoms with Crippen LogP contribution < -0.4 is 9.47 Å². The first kappa shape index (κ1) is 24.8. The molecule has 0 aliphatic heterocycles. The SMILES string of the molecule is CCOc1cc(/C=N\OCc2cccc([N+](=O)[O-])c2)c(Br)cc1OCc1ccc(Cl)c(Cl)c1. The second kappa shape index (κ2) is 11.9. The van der Waals surface area contributed by atoms with Crippen LogP contribution in [-0.4, -0.2) is 17.7 Å². The van der Waals surface area contributed by atoms with Crippen molar-refractivity contribution in [1.29, 1.82) is 0 Å². The summed E-state index contributed by atoms with van der Waals surface area (Å²) in [5.74, 6) is 1.09. The van der Waals surface area contributed by atoms with Gasteiger partial charge in [0.25, 0.3) is 5.69 Å². The lowest BCUT2D eigenvalue weighted by Crippen LogP contribution is -2.01. The quantitative estimate of drug-likeness (QED) is 0.151. The monoisotopic (exact) mass is 552 g/mol. The molecule has 0 saturated heterocycles. The predicted molar refractivity (Wildman–Crippen MR) is 132 cm³/mol. The number of ether oxygens (including phenoxy) is 2. The van der Waals surface area contributed by atoms with Crippen molar-refractivity contribution in [3.63, 3.8) is 0 Å². The number of non-ortho nitro benzene ring substituents is 1. The number of rotatable bonds is 10. The van der Waals surface area contributed by atoms with E-state index in [2.05, 4.69) is 21.1 Å². The zero-order chi connectivity index (χ0) is 23.8. The Morgan fingerprint density at radius 3 is 2.48 bits per heavy atom. The maximum absolute atomic E-state index is 10.9. The number of halogens is 3. The van der Waals surface area contributed by atoms with Gasteiger partial charge in [-0.25, -0.2) is 0 Å². The van der Waals surface area contributed by atoms with Crippen LogP contribution in [0.5, 0.6) is 11.5 Å². The van der Waals surface area contributed by atoms with Crippen LogP contribution >= 0.6 is 39.1 Å². The highest BCUT2D eigenvalue weighted by Crippen LogP contribution is 2.34. The summed E-state index contributed by atoms with van der Waals surface area (Å²) in [5, 5.41) is 15.8. The van der Waals surface area contributed by atoms with Crippen molar-refractivity contribution in [2.75, 3.05) is 6.61 Å². The third-order valence-corrected chi connectivity index (χ3v) is 5.79. The molecular weight excluding hydrogens is 535 g/mol. The summed E-state index contributed by atoms with van der Waals surface area (Å²) in [6.07, 6.45) is 1.52. The Labute approximate surface area is 209 Å².